The summed E-state index contributed by atoms with van der Waals surface area (Å²) in [6.45, 7) is 12.8. The largest absolute Gasteiger partial charge is 0.342 e. The Balaban J connectivity index is 1.39. The van der Waals surface area contributed by atoms with Gasteiger partial charge in [0.25, 0.3) is 0 Å². The molecule has 3 aliphatic heterocycles. The topological polar surface area (TPSA) is 38.8 Å². The number of piperazine rings is 1. The van der Waals surface area contributed by atoms with Gasteiger partial charge in [-0.25, -0.2) is 0 Å². The normalized spacial score (nSPS) is 32.0. The van der Waals surface area contributed by atoms with Crippen molar-refractivity contribution in [1.29, 1.82) is 0 Å². The van der Waals surface area contributed by atoms with Gasteiger partial charge in [0.2, 0.25) is 5.91 Å². The van der Waals surface area contributed by atoms with Crippen molar-refractivity contribution in [2.45, 2.75) is 26.2 Å². The molecule has 0 aromatic rings. The molecular weight excluding hydrogens is 264 g/mol. The van der Waals surface area contributed by atoms with Crippen LogP contribution in [-0.4, -0.2) is 86.1 Å². The summed E-state index contributed by atoms with van der Waals surface area (Å²) in [6, 6.07) is 0. The third kappa shape index (κ3) is 3.96. The summed E-state index contributed by atoms with van der Waals surface area (Å²) < 4.78 is 0. The average Bonchev–Trinajstić information content (AvgIpc) is 3.13. The fourth-order valence-electron chi connectivity index (χ4n) is 3.91. The van der Waals surface area contributed by atoms with Gasteiger partial charge < -0.3 is 15.1 Å². The Bertz CT molecular complexity index is 353. The van der Waals surface area contributed by atoms with Crippen molar-refractivity contribution >= 4 is 5.91 Å². The Hall–Kier alpha value is -0.650. The number of nitrogens with zero attached hydrogens (tertiary/aromatic N) is 3. The zero-order valence-corrected chi connectivity index (χ0v) is 13.4. The molecule has 5 nitrogen and oxygen atoms in total. The summed E-state index contributed by atoms with van der Waals surface area (Å²) in [4.78, 5) is 19.2. The van der Waals surface area contributed by atoms with Crippen LogP contribution in [0.2, 0.25) is 0 Å². The van der Waals surface area contributed by atoms with Gasteiger partial charge in [-0.05, 0) is 31.2 Å². The van der Waals surface area contributed by atoms with E-state index in [4.69, 9.17) is 0 Å². The van der Waals surface area contributed by atoms with Gasteiger partial charge in [0.05, 0.1) is 6.54 Å². The highest BCUT2D eigenvalue weighted by Gasteiger charge is 2.32. The smallest absolute Gasteiger partial charge is 0.236 e. The summed E-state index contributed by atoms with van der Waals surface area (Å²) in [5, 5.41) is 3.48. The Kier molecular flexibility index (Phi) is 4.82. The minimum atomic E-state index is 0.341. The Morgan fingerprint density at radius 1 is 1.05 bits per heavy atom. The predicted molar refractivity (Wildman–Crippen MR) is 84.3 cm³/mol. The summed E-state index contributed by atoms with van der Waals surface area (Å²) in [7, 11) is 0. The zero-order valence-electron chi connectivity index (χ0n) is 13.4. The van der Waals surface area contributed by atoms with Crippen molar-refractivity contribution in [3.05, 3.63) is 0 Å². The standard InChI is InChI=1S/C16H30N4O/c1-16(4-5-17-13-16)14-19-10-8-18(9-11-19)12-15(21)20-6-2-3-7-20/h17H,2-14H2,1H3. The van der Waals surface area contributed by atoms with E-state index in [1.807, 2.05) is 4.90 Å². The van der Waals surface area contributed by atoms with Crippen molar-refractivity contribution in [2.75, 3.05) is 65.4 Å². The highest BCUT2D eigenvalue weighted by Crippen LogP contribution is 2.26. The monoisotopic (exact) mass is 294 g/mol. The van der Waals surface area contributed by atoms with Gasteiger partial charge in [0.1, 0.15) is 0 Å². The van der Waals surface area contributed by atoms with Crippen LogP contribution in [-0.2, 0) is 4.79 Å². The second kappa shape index (κ2) is 6.63. The van der Waals surface area contributed by atoms with Gasteiger partial charge in [-0.1, -0.05) is 6.92 Å². The second-order valence-electron chi connectivity index (χ2n) is 7.38. The van der Waals surface area contributed by atoms with Crippen LogP contribution < -0.4 is 5.32 Å². The van der Waals surface area contributed by atoms with Gasteiger partial charge in [-0.2, -0.15) is 0 Å². The molecule has 21 heavy (non-hydrogen) atoms. The molecule has 120 valence electrons. The van der Waals surface area contributed by atoms with E-state index in [0.29, 0.717) is 17.9 Å². The minimum absolute atomic E-state index is 0.341. The molecule has 0 saturated carbocycles. The Labute approximate surface area is 128 Å². The van der Waals surface area contributed by atoms with Crippen LogP contribution in [0.3, 0.4) is 0 Å². The Morgan fingerprint density at radius 3 is 2.33 bits per heavy atom. The second-order valence-corrected chi connectivity index (χ2v) is 7.38. The van der Waals surface area contributed by atoms with Crippen LogP contribution in [0.4, 0.5) is 0 Å². The number of carbonyl (C=O) groups is 1. The molecule has 1 unspecified atom stereocenters. The fourth-order valence-corrected chi connectivity index (χ4v) is 3.91. The van der Waals surface area contributed by atoms with E-state index < -0.39 is 0 Å². The highest BCUT2D eigenvalue weighted by atomic mass is 16.2. The van der Waals surface area contributed by atoms with E-state index in [0.717, 1.165) is 45.8 Å². The highest BCUT2D eigenvalue weighted by molar-refractivity contribution is 5.78. The molecule has 0 aliphatic carbocycles. The molecule has 3 heterocycles. The first-order valence-corrected chi connectivity index (χ1v) is 8.58. The molecule has 3 rings (SSSR count). The van der Waals surface area contributed by atoms with E-state index in [2.05, 4.69) is 22.0 Å². The van der Waals surface area contributed by atoms with Crippen molar-refractivity contribution in [3.8, 4) is 0 Å². The molecule has 1 atom stereocenters. The van der Waals surface area contributed by atoms with Gasteiger partial charge in [-0.15, -0.1) is 0 Å². The molecule has 0 aromatic carbocycles. The molecule has 0 bridgehead atoms. The number of likely N-dealkylation sites (tertiary alicyclic amines) is 1. The fraction of sp³-hybridized carbons (Fsp3) is 0.938. The number of nitrogens with one attached hydrogen (secondary N) is 1. The summed E-state index contributed by atoms with van der Waals surface area (Å²) in [6.07, 6.45) is 3.67. The maximum Gasteiger partial charge on any atom is 0.236 e. The van der Waals surface area contributed by atoms with Gasteiger partial charge in [0, 0.05) is 52.4 Å². The maximum atomic E-state index is 12.2. The lowest BCUT2D eigenvalue weighted by Crippen LogP contribution is -2.52. The van der Waals surface area contributed by atoms with Crippen LogP contribution in [0.15, 0.2) is 0 Å². The van der Waals surface area contributed by atoms with E-state index >= 15 is 0 Å². The number of carbonyl (C=O) groups excluding carboxylic acids is 1. The molecular formula is C16H30N4O. The predicted octanol–water partition coefficient (Wildman–Crippen LogP) is 0.226. The quantitative estimate of drug-likeness (QED) is 0.805. The first-order chi connectivity index (χ1) is 10.1. The molecule has 1 N–H and O–H groups in total. The molecule has 0 aromatic heterocycles. The summed E-state index contributed by atoms with van der Waals surface area (Å²) in [5.74, 6) is 0.341. The van der Waals surface area contributed by atoms with E-state index in [-0.39, 0.29) is 0 Å². The lowest BCUT2D eigenvalue weighted by Gasteiger charge is -2.38. The zero-order chi connectivity index (χ0) is 14.7. The molecule has 3 fully saturated rings. The van der Waals surface area contributed by atoms with E-state index in [1.165, 1.54) is 32.4 Å². The lowest BCUT2D eigenvalue weighted by atomic mass is 9.89. The van der Waals surface area contributed by atoms with Gasteiger partial charge >= 0.3 is 0 Å². The van der Waals surface area contributed by atoms with Crippen LogP contribution >= 0.6 is 0 Å². The van der Waals surface area contributed by atoms with E-state index in [1.54, 1.807) is 0 Å². The van der Waals surface area contributed by atoms with Gasteiger partial charge in [-0.3, -0.25) is 9.69 Å². The van der Waals surface area contributed by atoms with Crippen LogP contribution in [0.25, 0.3) is 0 Å². The van der Waals surface area contributed by atoms with Crippen LogP contribution in [0.5, 0.6) is 0 Å². The first-order valence-electron chi connectivity index (χ1n) is 8.58. The van der Waals surface area contributed by atoms with Crippen LogP contribution in [0.1, 0.15) is 26.2 Å². The summed E-state index contributed by atoms with van der Waals surface area (Å²) in [5.41, 5.74) is 0.452. The van der Waals surface area contributed by atoms with E-state index in [9.17, 15) is 4.79 Å². The molecule has 0 spiro atoms. The molecule has 3 saturated heterocycles. The van der Waals surface area contributed by atoms with Crippen molar-refractivity contribution in [2.24, 2.45) is 5.41 Å². The average molecular weight is 294 g/mol. The Morgan fingerprint density at radius 2 is 1.71 bits per heavy atom. The molecule has 1 amide bonds. The minimum Gasteiger partial charge on any atom is -0.342 e. The summed E-state index contributed by atoms with van der Waals surface area (Å²) >= 11 is 0. The third-order valence-corrected chi connectivity index (χ3v) is 5.34. The first kappa shape index (κ1) is 15.3. The number of rotatable bonds is 4. The number of hydrogen-bond acceptors (Lipinski definition) is 4. The van der Waals surface area contributed by atoms with Crippen molar-refractivity contribution in [3.63, 3.8) is 0 Å². The number of amides is 1. The van der Waals surface area contributed by atoms with Crippen molar-refractivity contribution < 1.29 is 4.79 Å². The maximum absolute atomic E-state index is 12.2. The molecule has 5 heteroatoms. The third-order valence-electron chi connectivity index (χ3n) is 5.34. The van der Waals surface area contributed by atoms with Gasteiger partial charge in [0.15, 0.2) is 0 Å². The molecule has 0 radical (unpaired) electrons. The number of hydrogen-bond donors (Lipinski definition) is 1. The SMILES string of the molecule is CC1(CN2CCN(CC(=O)N3CCCC3)CC2)CCNC1. The molecule has 3 aliphatic rings. The lowest BCUT2D eigenvalue weighted by molar-refractivity contribution is -0.131. The van der Waals surface area contributed by atoms with Crippen molar-refractivity contribution in [1.82, 2.24) is 20.0 Å². The van der Waals surface area contributed by atoms with Crippen LogP contribution in [0, 0.1) is 5.41 Å².